The first-order valence-electron chi connectivity index (χ1n) is 9.38. The highest BCUT2D eigenvalue weighted by atomic mass is 14.9. The van der Waals surface area contributed by atoms with Crippen LogP contribution in [0.4, 0.5) is 0 Å². The topological polar surface area (TPSA) is 27.8 Å². The highest BCUT2D eigenvalue weighted by Gasteiger charge is 2.26. The fourth-order valence-electron chi connectivity index (χ4n) is 4.74. The Morgan fingerprint density at radius 2 is 1.84 bits per heavy atom. The van der Waals surface area contributed by atoms with Crippen molar-refractivity contribution in [1.29, 1.82) is 0 Å². The zero-order chi connectivity index (χ0) is 16.8. The standard InChI is InChI=1S/C23H24N2/c1-15-20(9-11-24-15)17-8-10-25-23(14-17)18-6-7-22-19(13-18)12-16-4-2-3-5-21(16)22/h2-7,9,11,13,17,23-25H,8,10,12,14H2,1H3. The van der Waals surface area contributed by atoms with Crippen molar-refractivity contribution in [2.24, 2.45) is 0 Å². The molecule has 25 heavy (non-hydrogen) atoms. The summed E-state index contributed by atoms with van der Waals surface area (Å²) in [5.74, 6) is 0.656. The average molecular weight is 328 g/mol. The Labute approximate surface area is 149 Å². The summed E-state index contributed by atoms with van der Waals surface area (Å²) >= 11 is 0. The molecule has 0 saturated carbocycles. The molecular weight excluding hydrogens is 304 g/mol. The Bertz CT molecular complexity index is 921. The lowest BCUT2D eigenvalue weighted by Crippen LogP contribution is -2.31. The minimum absolute atomic E-state index is 0.460. The number of fused-ring (bicyclic) bond motifs is 3. The molecule has 1 aliphatic carbocycles. The Balaban J connectivity index is 1.43. The zero-order valence-corrected chi connectivity index (χ0v) is 14.7. The number of rotatable bonds is 2. The predicted octanol–water partition coefficient (Wildman–Crippen LogP) is 5.10. The van der Waals surface area contributed by atoms with E-state index in [1.807, 2.05) is 0 Å². The second-order valence-electron chi connectivity index (χ2n) is 7.54. The number of nitrogens with one attached hydrogen (secondary N) is 2. The van der Waals surface area contributed by atoms with Gasteiger partial charge >= 0.3 is 0 Å². The SMILES string of the molecule is Cc1[nH]ccc1C1CCNC(c2ccc3c(c2)Cc2ccccc2-3)C1. The molecule has 2 N–H and O–H groups in total. The second-order valence-corrected chi connectivity index (χ2v) is 7.54. The third kappa shape index (κ3) is 2.52. The van der Waals surface area contributed by atoms with E-state index in [0.29, 0.717) is 12.0 Å². The number of aromatic amines is 1. The van der Waals surface area contributed by atoms with E-state index in [4.69, 9.17) is 0 Å². The third-order valence-electron chi connectivity index (χ3n) is 6.06. The van der Waals surface area contributed by atoms with E-state index in [1.165, 1.54) is 51.9 Å². The van der Waals surface area contributed by atoms with Crippen LogP contribution in [0.15, 0.2) is 54.7 Å². The largest absolute Gasteiger partial charge is 0.365 e. The van der Waals surface area contributed by atoms with Crippen molar-refractivity contribution in [3.63, 3.8) is 0 Å². The van der Waals surface area contributed by atoms with E-state index >= 15 is 0 Å². The minimum Gasteiger partial charge on any atom is -0.365 e. The summed E-state index contributed by atoms with van der Waals surface area (Å²) in [6, 6.07) is 18.7. The van der Waals surface area contributed by atoms with Gasteiger partial charge in [0.05, 0.1) is 0 Å². The molecule has 2 unspecified atom stereocenters. The Morgan fingerprint density at radius 3 is 2.72 bits per heavy atom. The Hall–Kier alpha value is -2.32. The smallest absolute Gasteiger partial charge is 0.0326 e. The van der Waals surface area contributed by atoms with Crippen molar-refractivity contribution >= 4 is 0 Å². The summed E-state index contributed by atoms with van der Waals surface area (Å²) in [7, 11) is 0. The molecule has 5 rings (SSSR count). The molecule has 126 valence electrons. The molecule has 0 spiro atoms. The molecule has 2 heteroatoms. The minimum atomic E-state index is 0.460. The molecule has 2 nitrogen and oxygen atoms in total. The maximum atomic E-state index is 3.75. The van der Waals surface area contributed by atoms with Crippen molar-refractivity contribution < 1.29 is 0 Å². The van der Waals surface area contributed by atoms with E-state index in [9.17, 15) is 0 Å². The number of hydrogen-bond acceptors (Lipinski definition) is 1. The molecule has 1 saturated heterocycles. The normalized spacial score (nSPS) is 21.8. The number of H-pyrrole nitrogens is 1. The van der Waals surface area contributed by atoms with Crippen LogP contribution in [0.1, 0.15) is 52.7 Å². The number of piperidine rings is 1. The van der Waals surface area contributed by atoms with E-state index in [0.717, 1.165) is 13.0 Å². The summed E-state index contributed by atoms with van der Waals surface area (Å²) in [6.07, 6.45) is 5.57. The van der Waals surface area contributed by atoms with Crippen LogP contribution in [-0.4, -0.2) is 11.5 Å². The molecule has 3 aromatic rings. The van der Waals surface area contributed by atoms with Crippen LogP contribution in [0.25, 0.3) is 11.1 Å². The number of hydrogen-bond donors (Lipinski definition) is 2. The first-order valence-corrected chi connectivity index (χ1v) is 9.38. The van der Waals surface area contributed by atoms with Crippen LogP contribution in [-0.2, 0) is 6.42 Å². The van der Waals surface area contributed by atoms with Crippen molar-refractivity contribution in [2.45, 2.75) is 38.1 Å². The summed E-state index contributed by atoms with van der Waals surface area (Å²) in [4.78, 5) is 3.34. The fourth-order valence-corrected chi connectivity index (χ4v) is 4.74. The van der Waals surface area contributed by atoms with Crippen LogP contribution in [0.5, 0.6) is 0 Å². The van der Waals surface area contributed by atoms with Gasteiger partial charge in [0.15, 0.2) is 0 Å². The van der Waals surface area contributed by atoms with Crippen molar-refractivity contribution in [3.05, 3.63) is 82.7 Å². The third-order valence-corrected chi connectivity index (χ3v) is 6.06. The molecule has 2 atom stereocenters. The lowest BCUT2D eigenvalue weighted by atomic mass is 9.83. The monoisotopic (exact) mass is 328 g/mol. The number of aromatic nitrogens is 1. The maximum absolute atomic E-state index is 3.75. The lowest BCUT2D eigenvalue weighted by molar-refractivity contribution is 0.369. The number of aryl methyl sites for hydroxylation is 1. The summed E-state index contributed by atoms with van der Waals surface area (Å²) < 4.78 is 0. The van der Waals surface area contributed by atoms with E-state index in [2.05, 4.69) is 72.0 Å². The molecule has 0 radical (unpaired) electrons. The van der Waals surface area contributed by atoms with Gasteiger partial charge in [-0.25, -0.2) is 0 Å². The zero-order valence-electron chi connectivity index (χ0n) is 14.7. The van der Waals surface area contributed by atoms with Gasteiger partial charge in [-0.1, -0.05) is 42.5 Å². The highest BCUT2D eigenvalue weighted by Crippen LogP contribution is 2.40. The molecule has 2 aliphatic rings. The quantitative estimate of drug-likeness (QED) is 0.526. The van der Waals surface area contributed by atoms with Gasteiger partial charge in [-0.3, -0.25) is 0 Å². The van der Waals surface area contributed by atoms with E-state index in [1.54, 1.807) is 0 Å². The van der Waals surface area contributed by atoms with Crippen LogP contribution in [0, 0.1) is 6.92 Å². The molecule has 0 amide bonds. The Morgan fingerprint density at radius 1 is 0.960 bits per heavy atom. The van der Waals surface area contributed by atoms with Gasteiger partial charge in [0.2, 0.25) is 0 Å². The fraction of sp³-hybridized carbons (Fsp3) is 0.304. The number of benzene rings is 2. The van der Waals surface area contributed by atoms with E-state index < -0.39 is 0 Å². The van der Waals surface area contributed by atoms with E-state index in [-0.39, 0.29) is 0 Å². The first-order chi connectivity index (χ1) is 12.3. The van der Waals surface area contributed by atoms with Gasteiger partial charge in [-0.15, -0.1) is 0 Å². The first kappa shape index (κ1) is 15.0. The predicted molar refractivity (Wildman–Crippen MR) is 103 cm³/mol. The summed E-state index contributed by atoms with van der Waals surface area (Å²) in [6.45, 7) is 3.29. The van der Waals surface area contributed by atoms with Crippen molar-refractivity contribution in [1.82, 2.24) is 10.3 Å². The summed E-state index contributed by atoms with van der Waals surface area (Å²) in [5, 5.41) is 3.75. The maximum Gasteiger partial charge on any atom is 0.0326 e. The molecule has 1 aliphatic heterocycles. The van der Waals surface area contributed by atoms with Crippen LogP contribution in [0.3, 0.4) is 0 Å². The van der Waals surface area contributed by atoms with Gasteiger partial charge in [-0.05, 0) is 78.1 Å². The van der Waals surface area contributed by atoms with Gasteiger partial charge in [-0.2, -0.15) is 0 Å². The lowest BCUT2D eigenvalue weighted by Gasteiger charge is -2.31. The average Bonchev–Trinajstić information content (AvgIpc) is 3.24. The highest BCUT2D eigenvalue weighted by molar-refractivity contribution is 5.77. The molecule has 1 aromatic heterocycles. The van der Waals surface area contributed by atoms with Crippen LogP contribution in [0.2, 0.25) is 0 Å². The van der Waals surface area contributed by atoms with Gasteiger partial charge in [0.1, 0.15) is 0 Å². The van der Waals surface area contributed by atoms with Gasteiger partial charge in [0, 0.05) is 17.9 Å². The molecule has 1 fully saturated rings. The van der Waals surface area contributed by atoms with Crippen LogP contribution >= 0.6 is 0 Å². The van der Waals surface area contributed by atoms with Crippen LogP contribution < -0.4 is 5.32 Å². The Kier molecular flexibility index (Phi) is 3.53. The summed E-state index contributed by atoms with van der Waals surface area (Å²) in [5.41, 5.74) is 10.1. The van der Waals surface area contributed by atoms with Gasteiger partial charge < -0.3 is 10.3 Å². The molecular formula is C23H24N2. The molecule has 2 heterocycles. The molecule has 0 bridgehead atoms. The van der Waals surface area contributed by atoms with Crippen molar-refractivity contribution in [3.8, 4) is 11.1 Å². The van der Waals surface area contributed by atoms with Gasteiger partial charge in [0.25, 0.3) is 0 Å². The second kappa shape index (κ2) is 5.89. The molecule has 2 aromatic carbocycles. The van der Waals surface area contributed by atoms with Crippen molar-refractivity contribution in [2.75, 3.05) is 6.54 Å².